The second-order valence-electron chi connectivity index (χ2n) is 7.13. The molecule has 0 unspecified atom stereocenters. The number of piperidine rings is 1. The second kappa shape index (κ2) is 5.44. The minimum atomic E-state index is -3.16. The molecular formula is C17H20ClNO4S. The summed E-state index contributed by atoms with van der Waals surface area (Å²) in [7, 11) is -3.16. The van der Waals surface area contributed by atoms with Crippen LogP contribution in [0, 0.1) is 6.92 Å². The number of carbonyl (C=O) groups excluding carboxylic acids is 1. The van der Waals surface area contributed by atoms with Crippen LogP contribution in [-0.2, 0) is 10.0 Å². The number of rotatable bonds is 2. The van der Waals surface area contributed by atoms with Gasteiger partial charge in [0.05, 0.1) is 17.2 Å². The Bertz CT molecular complexity index is 808. The molecule has 1 spiro atoms. The van der Waals surface area contributed by atoms with Crippen molar-refractivity contribution >= 4 is 27.4 Å². The van der Waals surface area contributed by atoms with E-state index in [2.05, 4.69) is 0 Å². The van der Waals surface area contributed by atoms with E-state index in [-0.39, 0.29) is 17.5 Å². The molecule has 4 rings (SSSR count). The van der Waals surface area contributed by atoms with Gasteiger partial charge in [0.25, 0.3) is 0 Å². The van der Waals surface area contributed by atoms with E-state index in [0.29, 0.717) is 42.3 Å². The lowest BCUT2D eigenvalue weighted by Crippen LogP contribution is -2.52. The third-order valence-electron chi connectivity index (χ3n) is 5.28. The quantitative estimate of drug-likeness (QED) is 0.804. The number of carbonyl (C=O) groups is 1. The molecule has 3 aliphatic rings. The minimum absolute atomic E-state index is 0.0281. The number of fused-ring (bicyclic) bond motifs is 1. The lowest BCUT2D eigenvalue weighted by atomic mass is 9.82. The summed E-state index contributed by atoms with van der Waals surface area (Å²) in [5, 5.41) is 0.343. The zero-order chi connectivity index (χ0) is 17.1. The van der Waals surface area contributed by atoms with Gasteiger partial charge >= 0.3 is 0 Å². The monoisotopic (exact) mass is 369 g/mol. The van der Waals surface area contributed by atoms with E-state index < -0.39 is 15.6 Å². The van der Waals surface area contributed by atoms with Crippen LogP contribution in [0.25, 0.3) is 0 Å². The minimum Gasteiger partial charge on any atom is -0.486 e. The number of halogens is 1. The first-order valence-corrected chi connectivity index (χ1v) is 10.2. The number of Topliss-reactive ketones (excluding diaryl/α,β-unsaturated/α-hetero) is 1. The average molecular weight is 370 g/mol. The number of hydrogen-bond acceptors (Lipinski definition) is 4. The van der Waals surface area contributed by atoms with Crippen LogP contribution in [0.3, 0.4) is 0 Å². The highest BCUT2D eigenvalue weighted by Gasteiger charge is 2.48. The Kier molecular flexibility index (Phi) is 3.71. The molecule has 0 bridgehead atoms. The van der Waals surface area contributed by atoms with Gasteiger partial charge in [0.2, 0.25) is 10.0 Å². The van der Waals surface area contributed by atoms with Gasteiger partial charge in [-0.05, 0) is 37.5 Å². The molecule has 24 heavy (non-hydrogen) atoms. The van der Waals surface area contributed by atoms with Crippen molar-refractivity contribution in [1.29, 1.82) is 0 Å². The normalized spacial score (nSPS) is 23.8. The molecule has 1 saturated heterocycles. The van der Waals surface area contributed by atoms with Crippen LogP contribution in [0.4, 0.5) is 0 Å². The molecule has 0 amide bonds. The van der Waals surface area contributed by atoms with Crippen molar-refractivity contribution < 1.29 is 17.9 Å². The van der Waals surface area contributed by atoms with Crippen molar-refractivity contribution in [3.8, 4) is 5.75 Å². The SMILES string of the molecule is Cc1cc(Cl)cc2c1OC1(CCN(S(=O)(=O)C3CC3)CC1)CC2=O. The smallest absolute Gasteiger partial charge is 0.216 e. The number of ketones is 1. The van der Waals surface area contributed by atoms with Gasteiger partial charge in [-0.15, -0.1) is 0 Å². The lowest BCUT2D eigenvalue weighted by Gasteiger charge is -2.44. The Morgan fingerprint density at radius 2 is 1.92 bits per heavy atom. The fraction of sp³-hybridized carbons (Fsp3) is 0.588. The van der Waals surface area contributed by atoms with E-state index in [9.17, 15) is 13.2 Å². The third kappa shape index (κ3) is 2.65. The number of hydrogen-bond donors (Lipinski definition) is 0. The molecule has 5 nitrogen and oxygen atoms in total. The van der Waals surface area contributed by atoms with Crippen molar-refractivity contribution in [1.82, 2.24) is 4.31 Å². The molecule has 1 aromatic carbocycles. The molecule has 1 aliphatic carbocycles. The van der Waals surface area contributed by atoms with E-state index in [4.69, 9.17) is 16.3 Å². The Morgan fingerprint density at radius 3 is 2.54 bits per heavy atom. The van der Waals surface area contributed by atoms with Gasteiger partial charge in [-0.2, -0.15) is 0 Å². The summed E-state index contributed by atoms with van der Waals surface area (Å²) < 4.78 is 32.6. The summed E-state index contributed by atoms with van der Waals surface area (Å²) in [6.07, 6.45) is 2.92. The van der Waals surface area contributed by atoms with Crippen LogP contribution in [0.15, 0.2) is 12.1 Å². The Balaban J connectivity index is 1.57. The summed E-state index contributed by atoms with van der Waals surface area (Å²) in [6.45, 7) is 2.73. The topological polar surface area (TPSA) is 63.7 Å². The fourth-order valence-corrected chi connectivity index (χ4v) is 5.83. The molecule has 2 fully saturated rings. The molecule has 7 heteroatoms. The molecule has 1 saturated carbocycles. The largest absolute Gasteiger partial charge is 0.486 e. The summed E-state index contributed by atoms with van der Waals surface area (Å²) in [5.74, 6) is 0.634. The summed E-state index contributed by atoms with van der Waals surface area (Å²) in [4.78, 5) is 12.6. The van der Waals surface area contributed by atoms with Crippen molar-refractivity contribution in [3.63, 3.8) is 0 Å². The summed E-state index contributed by atoms with van der Waals surface area (Å²) in [6, 6.07) is 3.45. The van der Waals surface area contributed by atoms with Crippen molar-refractivity contribution in [2.45, 2.75) is 49.9 Å². The maximum absolute atomic E-state index is 12.6. The average Bonchev–Trinajstić information content (AvgIpc) is 3.34. The second-order valence-corrected chi connectivity index (χ2v) is 9.78. The van der Waals surface area contributed by atoms with Gasteiger partial charge in [-0.3, -0.25) is 4.79 Å². The molecule has 2 aliphatic heterocycles. The maximum atomic E-state index is 12.6. The molecule has 0 aromatic heterocycles. The van der Waals surface area contributed by atoms with E-state index in [1.165, 1.54) is 0 Å². The van der Waals surface area contributed by atoms with Crippen LogP contribution < -0.4 is 4.74 Å². The third-order valence-corrected chi connectivity index (χ3v) is 7.90. The number of aryl methyl sites for hydroxylation is 1. The van der Waals surface area contributed by atoms with Gasteiger partial charge in [0.15, 0.2) is 5.78 Å². The molecule has 0 atom stereocenters. The zero-order valence-electron chi connectivity index (χ0n) is 13.5. The van der Waals surface area contributed by atoms with Crippen molar-refractivity contribution in [3.05, 3.63) is 28.3 Å². The first kappa shape index (κ1) is 16.4. The molecule has 1 aromatic rings. The van der Waals surface area contributed by atoms with Gasteiger partial charge < -0.3 is 4.74 Å². The first-order chi connectivity index (χ1) is 11.3. The highest BCUT2D eigenvalue weighted by atomic mass is 35.5. The zero-order valence-corrected chi connectivity index (χ0v) is 15.1. The summed E-state index contributed by atoms with van der Waals surface area (Å²) >= 11 is 6.05. The van der Waals surface area contributed by atoms with Gasteiger partial charge in [0.1, 0.15) is 11.4 Å². The molecular weight excluding hydrogens is 350 g/mol. The number of benzene rings is 1. The predicted molar refractivity (Wildman–Crippen MR) is 91.2 cm³/mol. The number of ether oxygens (including phenoxy) is 1. The Hall–Kier alpha value is -1.11. The van der Waals surface area contributed by atoms with Crippen molar-refractivity contribution in [2.75, 3.05) is 13.1 Å². The summed E-state index contributed by atoms with van der Waals surface area (Å²) in [5.41, 5.74) is 0.801. The standard InChI is InChI=1S/C17H20ClNO4S/c1-11-8-12(18)9-14-15(20)10-17(23-16(11)14)4-6-19(7-5-17)24(21,22)13-2-3-13/h8-9,13H,2-7,10H2,1H3. The number of sulfonamides is 1. The van der Waals surface area contributed by atoms with Gasteiger partial charge in [-0.1, -0.05) is 11.6 Å². The van der Waals surface area contributed by atoms with Crippen LogP contribution in [0.1, 0.15) is 48.0 Å². The van der Waals surface area contributed by atoms with Crippen LogP contribution in [0.2, 0.25) is 5.02 Å². The fourth-order valence-electron chi connectivity index (χ4n) is 3.72. The Morgan fingerprint density at radius 1 is 1.25 bits per heavy atom. The maximum Gasteiger partial charge on any atom is 0.216 e. The highest BCUT2D eigenvalue weighted by molar-refractivity contribution is 7.90. The van der Waals surface area contributed by atoms with Crippen LogP contribution in [0.5, 0.6) is 5.75 Å². The molecule has 130 valence electrons. The van der Waals surface area contributed by atoms with E-state index in [0.717, 1.165) is 18.4 Å². The van der Waals surface area contributed by atoms with E-state index >= 15 is 0 Å². The van der Waals surface area contributed by atoms with Crippen LogP contribution >= 0.6 is 11.6 Å². The molecule has 0 radical (unpaired) electrons. The lowest BCUT2D eigenvalue weighted by molar-refractivity contribution is 0.00534. The molecule has 2 heterocycles. The van der Waals surface area contributed by atoms with E-state index in [1.54, 1.807) is 16.4 Å². The van der Waals surface area contributed by atoms with Crippen molar-refractivity contribution in [2.24, 2.45) is 0 Å². The van der Waals surface area contributed by atoms with Gasteiger partial charge in [-0.25, -0.2) is 12.7 Å². The van der Waals surface area contributed by atoms with E-state index in [1.807, 2.05) is 6.92 Å². The van der Waals surface area contributed by atoms with Crippen LogP contribution in [-0.4, -0.2) is 42.4 Å². The Labute approximate surface area is 147 Å². The highest BCUT2D eigenvalue weighted by Crippen LogP contribution is 2.43. The molecule has 0 N–H and O–H groups in total. The number of nitrogens with zero attached hydrogens (tertiary/aromatic N) is 1. The predicted octanol–water partition coefficient (Wildman–Crippen LogP) is 2.94. The van der Waals surface area contributed by atoms with Gasteiger partial charge in [0, 0.05) is 31.0 Å². The first-order valence-electron chi connectivity index (χ1n) is 8.32.